The predicted molar refractivity (Wildman–Crippen MR) is 91.2 cm³/mol. The molecule has 4 atom stereocenters. The maximum absolute atomic E-state index is 12.9. The molecule has 0 unspecified atom stereocenters. The van der Waals surface area contributed by atoms with E-state index in [1.807, 2.05) is 0 Å². The van der Waals surface area contributed by atoms with Crippen LogP contribution in [0.15, 0.2) is 35.3 Å². The Morgan fingerprint density at radius 2 is 1.92 bits per heavy atom. The van der Waals surface area contributed by atoms with Crippen molar-refractivity contribution in [2.75, 3.05) is 12.3 Å². The van der Waals surface area contributed by atoms with Crippen LogP contribution < -0.4 is 11.4 Å². The van der Waals surface area contributed by atoms with Crippen LogP contribution in [0, 0.1) is 5.82 Å². The van der Waals surface area contributed by atoms with E-state index in [9.17, 15) is 19.4 Å². The second-order valence-electron chi connectivity index (χ2n) is 5.89. The lowest BCUT2D eigenvalue weighted by Gasteiger charge is -2.18. The van der Waals surface area contributed by atoms with Gasteiger partial charge in [0.15, 0.2) is 6.23 Å². The van der Waals surface area contributed by atoms with E-state index in [1.54, 1.807) is 24.3 Å². The van der Waals surface area contributed by atoms with Crippen molar-refractivity contribution in [3.05, 3.63) is 57.9 Å². The third kappa shape index (κ3) is 3.51. The van der Waals surface area contributed by atoms with Gasteiger partial charge < -0.3 is 25.8 Å². The van der Waals surface area contributed by atoms with Crippen LogP contribution in [0.3, 0.4) is 0 Å². The fourth-order valence-electron chi connectivity index (χ4n) is 2.68. The predicted octanol–water partition coefficient (Wildman–Crippen LogP) is -0.253. The lowest BCUT2D eigenvalue weighted by atomic mass is 10.1. The lowest BCUT2D eigenvalue weighted by Crippen LogP contribution is -2.36. The van der Waals surface area contributed by atoms with E-state index in [4.69, 9.17) is 15.6 Å². The Morgan fingerprint density at radius 3 is 2.54 bits per heavy atom. The van der Waals surface area contributed by atoms with Gasteiger partial charge in [-0.3, -0.25) is 4.57 Å². The number of hydrogen-bond acceptors (Lipinski definition) is 7. The number of nitrogens with two attached hydrogens (primary N) is 1. The minimum Gasteiger partial charge on any atom is -0.394 e. The van der Waals surface area contributed by atoms with Gasteiger partial charge >= 0.3 is 5.69 Å². The smallest absolute Gasteiger partial charge is 0.351 e. The molecule has 1 aliphatic rings. The van der Waals surface area contributed by atoms with Crippen LogP contribution in [-0.4, -0.2) is 49.8 Å². The van der Waals surface area contributed by atoms with Crippen molar-refractivity contribution in [2.45, 2.75) is 24.5 Å². The summed E-state index contributed by atoms with van der Waals surface area (Å²) in [4.78, 5) is 15.8. The second kappa shape index (κ2) is 7.34. The first-order chi connectivity index (χ1) is 12.4. The Bertz CT molecular complexity index is 868. The summed E-state index contributed by atoms with van der Waals surface area (Å²) in [7, 11) is 0. The molecule has 2 aromatic rings. The summed E-state index contributed by atoms with van der Waals surface area (Å²) in [6, 6.07) is 5.75. The summed E-state index contributed by atoms with van der Waals surface area (Å²) >= 11 is 0. The van der Waals surface area contributed by atoms with E-state index in [0.717, 1.165) is 4.57 Å². The van der Waals surface area contributed by atoms with Gasteiger partial charge in [-0.15, -0.1) is 0 Å². The zero-order valence-corrected chi connectivity index (χ0v) is 13.6. The monoisotopic (exact) mass is 363 g/mol. The molecule has 138 valence electrons. The van der Waals surface area contributed by atoms with Crippen molar-refractivity contribution in [3.8, 4) is 0 Å². The van der Waals surface area contributed by atoms with Crippen molar-refractivity contribution < 1.29 is 24.4 Å². The van der Waals surface area contributed by atoms with E-state index >= 15 is 0 Å². The van der Waals surface area contributed by atoms with Gasteiger partial charge in [-0.25, -0.2) is 9.18 Å². The first-order valence-electron chi connectivity index (χ1n) is 7.85. The molecule has 3 rings (SSSR count). The number of hydrogen-bond donors (Lipinski definition) is 4. The van der Waals surface area contributed by atoms with Crippen molar-refractivity contribution >= 4 is 18.0 Å². The third-order valence-electron chi connectivity index (χ3n) is 4.13. The Hall–Kier alpha value is -2.59. The number of aliphatic hydroxyl groups is 3. The first-order valence-corrected chi connectivity index (χ1v) is 7.85. The van der Waals surface area contributed by atoms with Crippen molar-refractivity contribution in [1.82, 2.24) is 9.55 Å². The molecule has 8 nitrogen and oxygen atoms in total. The number of nitrogens with zero attached hydrogens (tertiary/aromatic N) is 2. The summed E-state index contributed by atoms with van der Waals surface area (Å²) in [5.74, 6) is -0.391. The average molecular weight is 363 g/mol. The summed E-state index contributed by atoms with van der Waals surface area (Å²) in [5.41, 5.74) is 6.07. The van der Waals surface area contributed by atoms with Gasteiger partial charge in [0.05, 0.1) is 6.61 Å². The van der Waals surface area contributed by atoms with Crippen LogP contribution in [0.5, 0.6) is 0 Å². The Balaban J connectivity index is 1.92. The molecule has 26 heavy (non-hydrogen) atoms. The van der Waals surface area contributed by atoms with E-state index in [0.29, 0.717) is 11.1 Å². The first kappa shape index (κ1) is 18.2. The Kier molecular flexibility index (Phi) is 5.14. The molecule has 0 amide bonds. The number of aromatic nitrogens is 2. The molecule has 1 aromatic heterocycles. The number of anilines is 1. The minimum atomic E-state index is -1.41. The largest absolute Gasteiger partial charge is 0.394 e. The molecule has 2 heterocycles. The number of aliphatic hydroxyl groups excluding tert-OH is 3. The molecule has 0 radical (unpaired) electrons. The molecular weight excluding hydrogens is 345 g/mol. The van der Waals surface area contributed by atoms with Crippen LogP contribution >= 0.6 is 0 Å². The van der Waals surface area contributed by atoms with E-state index in [2.05, 4.69) is 4.98 Å². The van der Waals surface area contributed by atoms with Crippen LogP contribution in [0.2, 0.25) is 0 Å². The molecule has 0 bridgehead atoms. The normalized spacial score (nSPS) is 25.8. The molecule has 1 fully saturated rings. The number of rotatable bonds is 4. The number of halogens is 1. The number of nitrogen functional groups attached to an aromatic ring is 1. The van der Waals surface area contributed by atoms with Gasteiger partial charge in [-0.2, -0.15) is 4.98 Å². The second-order valence-corrected chi connectivity index (χ2v) is 5.89. The Labute approximate surface area is 147 Å². The molecule has 0 saturated carbocycles. The average Bonchev–Trinajstić information content (AvgIpc) is 2.90. The molecule has 1 aliphatic heterocycles. The van der Waals surface area contributed by atoms with Crippen molar-refractivity contribution in [1.29, 1.82) is 0 Å². The fourth-order valence-corrected chi connectivity index (χ4v) is 2.68. The fraction of sp³-hybridized carbons (Fsp3) is 0.294. The van der Waals surface area contributed by atoms with Crippen LogP contribution in [0.4, 0.5) is 10.2 Å². The lowest BCUT2D eigenvalue weighted by molar-refractivity contribution is -0.0549. The highest BCUT2D eigenvalue weighted by Crippen LogP contribution is 2.28. The maximum Gasteiger partial charge on any atom is 0.351 e. The summed E-state index contributed by atoms with van der Waals surface area (Å²) < 4.78 is 19.3. The highest BCUT2D eigenvalue weighted by Gasteiger charge is 2.43. The van der Waals surface area contributed by atoms with Gasteiger partial charge in [0.1, 0.15) is 29.9 Å². The van der Waals surface area contributed by atoms with Gasteiger partial charge in [0.25, 0.3) is 0 Å². The summed E-state index contributed by atoms with van der Waals surface area (Å²) in [5, 5.41) is 29.1. The van der Waals surface area contributed by atoms with Crippen molar-refractivity contribution in [3.63, 3.8) is 0 Å². The quantitative estimate of drug-likeness (QED) is 0.589. The summed E-state index contributed by atoms with van der Waals surface area (Å²) in [6.45, 7) is -0.511. The SMILES string of the molecule is Nc1nc(=O)n([C@@H]2O[C@H](CO)[C@@H](O)[C@H]2O)cc1/C=C/c1ccc(F)cc1. The number of benzene rings is 1. The molecule has 0 spiro atoms. The minimum absolute atomic E-state index is 0.0312. The van der Waals surface area contributed by atoms with Crippen LogP contribution in [-0.2, 0) is 4.74 Å². The van der Waals surface area contributed by atoms with E-state index in [1.165, 1.54) is 18.3 Å². The molecular formula is C17H18FN3O5. The standard InChI is InChI=1S/C17H18FN3O5/c18-11-5-2-9(3-6-11)1-4-10-7-21(17(25)20-15(10)19)16-14(24)13(23)12(8-22)26-16/h1-7,12-14,16,22-24H,8H2,(H2,19,20,25)/b4-1+/t12-,13-,14-,16-/m1/s1. The van der Waals surface area contributed by atoms with E-state index in [-0.39, 0.29) is 11.6 Å². The highest BCUT2D eigenvalue weighted by atomic mass is 19.1. The maximum atomic E-state index is 12.9. The van der Waals surface area contributed by atoms with Gasteiger partial charge in [0, 0.05) is 11.8 Å². The molecule has 5 N–H and O–H groups in total. The van der Waals surface area contributed by atoms with Crippen LogP contribution in [0.1, 0.15) is 17.4 Å². The molecule has 1 aromatic carbocycles. The molecule has 1 saturated heterocycles. The zero-order valence-electron chi connectivity index (χ0n) is 13.6. The molecule has 0 aliphatic carbocycles. The summed E-state index contributed by atoms with van der Waals surface area (Å²) in [6.07, 6.45) is -0.410. The van der Waals surface area contributed by atoms with E-state index < -0.39 is 36.8 Å². The Morgan fingerprint density at radius 1 is 1.23 bits per heavy atom. The topological polar surface area (TPSA) is 131 Å². The van der Waals surface area contributed by atoms with Gasteiger partial charge in [-0.05, 0) is 23.8 Å². The highest BCUT2D eigenvalue weighted by molar-refractivity contribution is 5.73. The van der Waals surface area contributed by atoms with Crippen LogP contribution in [0.25, 0.3) is 12.2 Å². The molecule has 9 heteroatoms. The zero-order chi connectivity index (χ0) is 18.8. The van der Waals surface area contributed by atoms with Gasteiger partial charge in [0.2, 0.25) is 0 Å². The number of ether oxygens (including phenoxy) is 1. The van der Waals surface area contributed by atoms with Gasteiger partial charge in [-0.1, -0.05) is 18.2 Å². The van der Waals surface area contributed by atoms with Crippen molar-refractivity contribution in [2.24, 2.45) is 0 Å². The third-order valence-corrected chi connectivity index (χ3v) is 4.13.